The van der Waals surface area contributed by atoms with Crippen LogP contribution in [0.15, 0.2) is 59.5 Å². The molecule has 1 aliphatic rings. The largest absolute Gasteiger partial charge is 0.507 e. The Labute approximate surface area is 223 Å². The lowest BCUT2D eigenvalue weighted by atomic mass is 9.84. The van der Waals surface area contributed by atoms with Crippen molar-refractivity contribution in [3.8, 4) is 5.75 Å². The SMILES string of the molecule is CCOc1ccc2nc(N3C(=O)C(=O)/C(=C(/O)c4cc(C(C)(C)C)ccc4C)C3c3cccs3)sc2c1. The summed E-state index contributed by atoms with van der Waals surface area (Å²) in [6.07, 6.45) is 0. The van der Waals surface area contributed by atoms with Crippen molar-refractivity contribution in [1.82, 2.24) is 4.98 Å². The molecule has 0 bridgehead atoms. The number of anilines is 1. The second kappa shape index (κ2) is 9.43. The van der Waals surface area contributed by atoms with Crippen LogP contribution < -0.4 is 9.64 Å². The Morgan fingerprint density at radius 1 is 1.14 bits per heavy atom. The fourth-order valence-corrected chi connectivity index (χ4v) is 6.33. The van der Waals surface area contributed by atoms with Crippen LogP contribution in [-0.4, -0.2) is 28.4 Å². The van der Waals surface area contributed by atoms with Gasteiger partial charge in [-0.25, -0.2) is 4.98 Å². The molecule has 2 aromatic carbocycles. The van der Waals surface area contributed by atoms with Gasteiger partial charge in [0.25, 0.3) is 5.78 Å². The number of thiazole rings is 1. The Bertz CT molecular complexity index is 1540. The lowest BCUT2D eigenvalue weighted by Gasteiger charge is -2.23. The van der Waals surface area contributed by atoms with E-state index >= 15 is 0 Å². The highest BCUT2D eigenvalue weighted by atomic mass is 32.1. The number of hydrogen-bond donors (Lipinski definition) is 1. The highest BCUT2D eigenvalue weighted by Gasteiger charge is 2.48. The number of aliphatic hydroxyl groups is 1. The topological polar surface area (TPSA) is 79.7 Å². The van der Waals surface area contributed by atoms with Crippen molar-refractivity contribution in [3.63, 3.8) is 0 Å². The van der Waals surface area contributed by atoms with Crippen molar-refractivity contribution in [1.29, 1.82) is 0 Å². The Morgan fingerprint density at radius 3 is 2.59 bits per heavy atom. The van der Waals surface area contributed by atoms with Crippen LogP contribution in [0.1, 0.15) is 55.3 Å². The number of Topliss-reactive ketones (excluding diaryl/α,β-unsaturated/α-hetero) is 1. The molecule has 0 radical (unpaired) electrons. The molecule has 3 heterocycles. The van der Waals surface area contributed by atoms with Crippen LogP contribution in [0.4, 0.5) is 5.13 Å². The van der Waals surface area contributed by atoms with Crippen molar-refractivity contribution in [3.05, 3.63) is 81.1 Å². The molecular formula is C29H28N2O4S2. The lowest BCUT2D eigenvalue weighted by molar-refractivity contribution is -0.132. The molecule has 37 heavy (non-hydrogen) atoms. The third-order valence-electron chi connectivity index (χ3n) is 6.48. The average Bonchev–Trinajstić information content (AvgIpc) is 3.57. The Hall–Kier alpha value is -3.49. The van der Waals surface area contributed by atoms with E-state index in [0.717, 1.165) is 26.5 Å². The minimum atomic E-state index is -0.774. The summed E-state index contributed by atoms with van der Waals surface area (Å²) in [5.41, 5.74) is 3.05. The van der Waals surface area contributed by atoms with E-state index < -0.39 is 17.7 Å². The quantitative estimate of drug-likeness (QED) is 0.170. The molecule has 1 N–H and O–H groups in total. The van der Waals surface area contributed by atoms with Crippen LogP contribution in [0.5, 0.6) is 5.75 Å². The predicted molar refractivity (Wildman–Crippen MR) is 150 cm³/mol. The maximum Gasteiger partial charge on any atom is 0.301 e. The number of aliphatic hydroxyl groups excluding tert-OH is 1. The zero-order valence-electron chi connectivity index (χ0n) is 21.4. The van der Waals surface area contributed by atoms with E-state index in [2.05, 4.69) is 25.8 Å². The molecule has 0 spiro atoms. The zero-order valence-corrected chi connectivity index (χ0v) is 23.0. The first-order chi connectivity index (χ1) is 17.6. The number of carbonyl (C=O) groups is 2. The van der Waals surface area contributed by atoms with Crippen molar-refractivity contribution in [2.24, 2.45) is 0 Å². The van der Waals surface area contributed by atoms with Gasteiger partial charge < -0.3 is 9.84 Å². The molecule has 1 amide bonds. The molecule has 0 saturated carbocycles. The third kappa shape index (κ3) is 4.45. The molecule has 1 aliphatic heterocycles. The van der Waals surface area contributed by atoms with Crippen molar-refractivity contribution in [2.45, 2.75) is 46.1 Å². The highest BCUT2D eigenvalue weighted by molar-refractivity contribution is 7.22. The third-order valence-corrected chi connectivity index (χ3v) is 8.42. The Morgan fingerprint density at radius 2 is 1.92 bits per heavy atom. The second-order valence-corrected chi connectivity index (χ2v) is 12.0. The summed E-state index contributed by atoms with van der Waals surface area (Å²) < 4.78 is 6.46. The predicted octanol–water partition coefficient (Wildman–Crippen LogP) is 6.99. The van der Waals surface area contributed by atoms with Gasteiger partial charge >= 0.3 is 5.91 Å². The molecule has 4 aromatic rings. The maximum absolute atomic E-state index is 13.5. The molecule has 6 nitrogen and oxygen atoms in total. The summed E-state index contributed by atoms with van der Waals surface area (Å²) in [5.74, 6) is -0.863. The van der Waals surface area contributed by atoms with Crippen molar-refractivity contribution >= 4 is 55.5 Å². The zero-order chi connectivity index (χ0) is 26.5. The van der Waals surface area contributed by atoms with Gasteiger partial charge in [0.15, 0.2) is 5.13 Å². The van der Waals surface area contributed by atoms with E-state index in [1.165, 1.54) is 27.6 Å². The van der Waals surface area contributed by atoms with Gasteiger partial charge in [0.05, 0.1) is 22.4 Å². The molecule has 0 aliphatic carbocycles. The summed E-state index contributed by atoms with van der Waals surface area (Å²) >= 11 is 2.75. The first-order valence-electron chi connectivity index (χ1n) is 12.1. The van der Waals surface area contributed by atoms with Gasteiger partial charge in [-0.3, -0.25) is 14.5 Å². The molecule has 1 atom stereocenters. The Kier molecular flexibility index (Phi) is 6.41. The summed E-state index contributed by atoms with van der Waals surface area (Å²) in [6.45, 7) is 10.6. The fraction of sp³-hybridized carbons (Fsp3) is 0.276. The number of ether oxygens (including phenoxy) is 1. The molecule has 2 aromatic heterocycles. The van der Waals surface area contributed by atoms with Crippen LogP contribution >= 0.6 is 22.7 Å². The van der Waals surface area contributed by atoms with E-state index in [4.69, 9.17) is 4.74 Å². The summed E-state index contributed by atoms with van der Waals surface area (Å²) in [6, 6.07) is 14.4. The van der Waals surface area contributed by atoms with Crippen LogP contribution in [0, 0.1) is 6.92 Å². The van der Waals surface area contributed by atoms with Gasteiger partial charge in [-0.15, -0.1) is 11.3 Å². The number of rotatable bonds is 5. The van der Waals surface area contributed by atoms with Gasteiger partial charge in [-0.1, -0.05) is 50.3 Å². The number of aryl methyl sites for hydroxylation is 1. The number of amides is 1. The van der Waals surface area contributed by atoms with Crippen LogP contribution in [0.3, 0.4) is 0 Å². The summed E-state index contributed by atoms with van der Waals surface area (Å²) in [4.78, 5) is 33.9. The standard InChI is InChI=1S/C29H28N2O4S2/c1-6-35-18-11-12-20-22(15-18)37-28(30-20)31-24(21-8-7-13-36-21)23(26(33)27(31)34)25(32)19-14-17(29(3,4)5)10-9-16(19)2/h7-15,24,32H,6H2,1-5H3/b25-23+. The number of ketones is 1. The average molecular weight is 533 g/mol. The van der Waals surface area contributed by atoms with Gasteiger partial charge in [-0.2, -0.15) is 0 Å². The molecule has 1 unspecified atom stereocenters. The highest BCUT2D eigenvalue weighted by Crippen LogP contribution is 2.46. The number of nitrogens with zero attached hydrogens (tertiary/aromatic N) is 2. The fourth-order valence-electron chi connectivity index (χ4n) is 4.49. The van der Waals surface area contributed by atoms with Crippen molar-refractivity contribution in [2.75, 3.05) is 11.5 Å². The maximum atomic E-state index is 13.5. The monoisotopic (exact) mass is 532 g/mol. The number of thiophene rings is 1. The van der Waals surface area contributed by atoms with Gasteiger partial charge in [0.2, 0.25) is 0 Å². The number of fused-ring (bicyclic) bond motifs is 1. The second-order valence-electron chi connectivity index (χ2n) is 10.0. The Balaban J connectivity index is 1.69. The van der Waals surface area contributed by atoms with E-state index in [1.54, 1.807) is 0 Å². The van der Waals surface area contributed by atoms with E-state index in [9.17, 15) is 14.7 Å². The summed E-state index contributed by atoms with van der Waals surface area (Å²) in [7, 11) is 0. The van der Waals surface area contributed by atoms with Crippen molar-refractivity contribution < 1.29 is 19.4 Å². The normalized spacial score (nSPS) is 17.6. The minimum absolute atomic E-state index is 0.0795. The molecule has 5 rings (SSSR count). The molecule has 1 saturated heterocycles. The van der Waals surface area contributed by atoms with Gasteiger partial charge in [-0.05, 0) is 66.1 Å². The summed E-state index contributed by atoms with van der Waals surface area (Å²) in [5, 5.41) is 13.9. The number of hydrogen-bond acceptors (Lipinski definition) is 7. The van der Waals surface area contributed by atoms with Gasteiger partial charge in [0.1, 0.15) is 17.6 Å². The van der Waals surface area contributed by atoms with E-state index in [-0.39, 0.29) is 16.7 Å². The lowest BCUT2D eigenvalue weighted by Crippen LogP contribution is -2.28. The molecule has 1 fully saturated rings. The first-order valence-corrected chi connectivity index (χ1v) is 13.8. The molecule has 190 valence electrons. The van der Waals surface area contributed by atoms with Crippen LogP contribution in [0.25, 0.3) is 16.0 Å². The number of aromatic nitrogens is 1. The van der Waals surface area contributed by atoms with Crippen LogP contribution in [0.2, 0.25) is 0 Å². The molecule has 8 heteroatoms. The van der Waals surface area contributed by atoms with E-state index in [0.29, 0.717) is 22.8 Å². The van der Waals surface area contributed by atoms with Gasteiger partial charge in [0, 0.05) is 10.4 Å². The van der Waals surface area contributed by atoms with Crippen LogP contribution in [-0.2, 0) is 15.0 Å². The van der Waals surface area contributed by atoms with E-state index in [1.807, 2.05) is 67.8 Å². The smallest absolute Gasteiger partial charge is 0.301 e. The number of benzene rings is 2. The molecular weight excluding hydrogens is 504 g/mol. The number of carbonyl (C=O) groups excluding carboxylic acids is 2. The minimum Gasteiger partial charge on any atom is -0.507 e. The first kappa shape index (κ1) is 25.2.